The van der Waals surface area contributed by atoms with Crippen molar-refractivity contribution in [1.29, 1.82) is 0 Å². The number of thiazole rings is 1. The van der Waals surface area contributed by atoms with Crippen molar-refractivity contribution < 1.29 is 9.18 Å². The Labute approximate surface area is 176 Å². The molecule has 4 aromatic rings. The summed E-state index contributed by atoms with van der Waals surface area (Å²) < 4.78 is 16.5. The Hall–Kier alpha value is -3.00. The smallest absolute Gasteiger partial charge is 0.232 e. The van der Waals surface area contributed by atoms with Gasteiger partial charge in [-0.15, -0.1) is 0 Å². The lowest BCUT2D eigenvalue weighted by molar-refractivity contribution is -0.122. The first-order chi connectivity index (χ1) is 14.7. The van der Waals surface area contributed by atoms with E-state index in [1.54, 1.807) is 6.07 Å². The summed E-state index contributed by atoms with van der Waals surface area (Å²) in [6, 6.07) is 12.7. The molecule has 1 saturated heterocycles. The molecule has 152 valence electrons. The molecular weight excluding hydrogens is 401 g/mol. The van der Waals surface area contributed by atoms with Crippen LogP contribution in [0.25, 0.3) is 21.3 Å². The molecule has 6 rings (SSSR count). The van der Waals surface area contributed by atoms with Gasteiger partial charge in [-0.1, -0.05) is 23.5 Å². The molecule has 0 saturated carbocycles. The number of benzene rings is 2. The van der Waals surface area contributed by atoms with Crippen LogP contribution < -0.4 is 9.80 Å². The number of nitrogens with zero attached hydrogens (tertiary/aromatic N) is 5. The first kappa shape index (κ1) is 17.8. The number of para-hydroxylation sites is 2. The van der Waals surface area contributed by atoms with E-state index in [0.29, 0.717) is 6.54 Å². The molecule has 0 N–H and O–H groups in total. The molecule has 0 radical (unpaired) electrons. The van der Waals surface area contributed by atoms with E-state index in [1.807, 2.05) is 23.1 Å². The predicted molar refractivity (Wildman–Crippen MR) is 117 cm³/mol. The minimum Gasteiger partial charge on any atom is -0.348 e. The normalized spacial score (nSPS) is 17.2. The number of piperidine rings is 1. The highest BCUT2D eigenvalue weighted by molar-refractivity contribution is 7.22. The molecule has 0 aliphatic carbocycles. The molecule has 4 heterocycles. The minimum absolute atomic E-state index is 0.000523. The van der Waals surface area contributed by atoms with Crippen molar-refractivity contribution in [1.82, 2.24) is 14.5 Å². The second kappa shape index (κ2) is 6.77. The third kappa shape index (κ3) is 2.78. The van der Waals surface area contributed by atoms with Gasteiger partial charge in [-0.05, 0) is 43.2 Å². The topological polar surface area (TPSA) is 54.3 Å². The fraction of sp³-hybridized carbons (Fsp3) is 0.318. The number of fused-ring (bicyclic) bond motifs is 4. The van der Waals surface area contributed by atoms with Gasteiger partial charge in [0.1, 0.15) is 5.82 Å². The first-order valence-corrected chi connectivity index (χ1v) is 11.1. The zero-order chi connectivity index (χ0) is 20.2. The zero-order valence-corrected chi connectivity index (χ0v) is 17.1. The van der Waals surface area contributed by atoms with Crippen molar-refractivity contribution in [2.24, 2.45) is 5.92 Å². The van der Waals surface area contributed by atoms with Crippen LogP contribution in [0.2, 0.25) is 0 Å². The van der Waals surface area contributed by atoms with Gasteiger partial charge in [0.15, 0.2) is 5.13 Å². The zero-order valence-electron chi connectivity index (χ0n) is 16.3. The Morgan fingerprint density at radius 1 is 1.00 bits per heavy atom. The summed E-state index contributed by atoms with van der Waals surface area (Å²) in [6.45, 7) is 3.05. The number of carbonyl (C=O) groups excluding carboxylic acids is 1. The minimum atomic E-state index is -0.237. The molecule has 6 nitrogen and oxygen atoms in total. The largest absolute Gasteiger partial charge is 0.348 e. The highest BCUT2D eigenvalue weighted by Crippen LogP contribution is 2.34. The van der Waals surface area contributed by atoms with Gasteiger partial charge in [-0.25, -0.2) is 14.4 Å². The number of hydrogen-bond acceptors (Lipinski definition) is 5. The van der Waals surface area contributed by atoms with Gasteiger partial charge in [0.2, 0.25) is 11.9 Å². The maximum Gasteiger partial charge on any atom is 0.232 e. The fourth-order valence-corrected chi connectivity index (χ4v) is 5.60. The van der Waals surface area contributed by atoms with Crippen LogP contribution in [0.15, 0.2) is 42.5 Å². The van der Waals surface area contributed by atoms with E-state index in [9.17, 15) is 9.18 Å². The van der Waals surface area contributed by atoms with Crippen LogP contribution in [0.1, 0.15) is 12.8 Å². The number of hydrogen-bond donors (Lipinski definition) is 0. The van der Waals surface area contributed by atoms with Crippen LogP contribution in [0, 0.1) is 11.7 Å². The third-order valence-corrected chi connectivity index (χ3v) is 7.22. The van der Waals surface area contributed by atoms with E-state index >= 15 is 0 Å². The maximum absolute atomic E-state index is 13.5. The van der Waals surface area contributed by atoms with Crippen molar-refractivity contribution in [3.8, 4) is 0 Å². The van der Waals surface area contributed by atoms with Crippen molar-refractivity contribution in [2.45, 2.75) is 19.4 Å². The summed E-state index contributed by atoms with van der Waals surface area (Å²) in [7, 11) is 0. The summed E-state index contributed by atoms with van der Waals surface area (Å²) in [6.07, 6.45) is 1.58. The third-order valence-electron chi connectivity index (χ3n) is 6.14. The predicted octanol–water partition coefficient (Wildman–Crippen LogP) is 4.05. The number of imidazole rings is 1. The number of halogens is 1. The molecule has 1 fully saturated rings. The first-order valence-electron chi connectivity index (χ1n) is 10.2. The standard InChI is InChI=1S/C22H20FN5OS/c23-15-5-6-17-19(13-15)30-22(25-17)26-9-7-14(8-10-26)20(29)28-12-11-27-18-4-2-1-3-16(18)24-21(27)28/h1-6,13-14H,7-12H2. The average Bonchev–Trinajstić information content (AvgIpc) is 3.46. The monoisotopic (exact) mass is 421 g/mol. The summed E-state index contributed by atoms with van der Waals surface area (Å²) >= 11 is 1.51. The summed E-state index contributed by atoms with van der Waals surface area (Å²) in [5.41, 5.74) is 2.85. The highest BCUT2D eigenvalue weighted by atomic mass is 32.1. The van der Waals surface area contributed by atoms with Crippen LogP contribution in [0.3, 0.4) is 0 Å². The number of amides is 1. The molecular formula is C22H20FN5OS. The number of rotatable bonds is 2. The SMILES string of the molecule is O=C(C1CCN(c2nc3ccc(F)cc3s2)CC1)N1CCn2c1nc1ccccc12. The van der Waals surface area contributed by atoms with E-state index in [1.165, 1.54) is 23.5 Å². The Bertz CT molecular complexity index is 1270. The highest BCUT2D eigenvalue weighted by Gasteiger charge is 2.34. The van der Waals surface area contributed by atoms with E-state index in [-0.39, 0.29) is 17.6 Å². The van der Waals surface area contributed by atoms with E-state index < -0.39 is 0 Å². The molecule has 2 aliphatic rings. The van der Waals surface area contributed by atoms with Crippen LogP contribution in [0.4, 0.5) is 15.5 Å². The van der Waals surface area contributed by atoms with Gasteiger partial charge >= 0.3 is 0 Å². The Kier molecular flexibility index (Phi) is 4.02. The number of aromatic nitrogens is 3. The molecule has 2 aliphatic heterocycles. The quantitative estimate of drug-likeness (QED) is 0.490. The number of carbonyl (C=O) groups is 1. The lowest BCUT2D eigenvalue weighted by atomic mass is 9.95. The van der Waals surface area contributed by atoms with Gasteiger partial charge in [0.05, 0.1) is 21.3 Å². The van der Waals surface area contributed by atoms with Crippen LogP contribution >= 0.6 is 11.3 Å². The van der Waals surface area contributed by atoms with Gasteiger partial charge < -0.3 is 9.47 Å². The number of anilines is 2. The van der Waals surface area contributed by atoms with Crippen LogP contribution in [-0.4, -0.2) is 40.1 Å². The summed E-state index contributed by atoms with van der Waals surface area (Å²) in [4.78, 5) is 26.7. The average molecular weight is 422 g/mol. The molecule has 0 bridgehead atoms. The molecule has 1 amide bonds. The van der Waals surface area contributed by atoms with Crippen molar-refractivity contribution in [2.75, 3.05) is 29.4 Å². The van der Waals surface area contributed by atoms with Crippen molar-refractivity contribution in [3.05, 3.63) is 48.3 Å². The van der Waals surface area contributed by atoms with Crippen molar-refractivity contribution >= 4 is 49.6 Å². The Morgan fingerprint density at radius 3 is 2.70 bits per heavy atom. The van der Waals surface area contributed by atoms with Crippen LogP contribution in [0.5, 0.6) is 0 Å². The van der Waals surface area contributed by atoms with E-state index in [2.05, 4.69) is 20.5 Å². The van der Waals surface area contributed by atoms with Crippen LogP contribution in [-0.2, 0) is 11.3 Å². The van der Waals surface area contributed by atoms with E-state index in [4.69, 9.17) is 4.98 Å². The molecule has 0 unspecified atom stereocenters. The second-order valence-corrected chi connectivity index (χ2v) is 8.92. The maximum atomic E-state index is 13.5. The lowest BCUT2D eigenvalue weighted by Crippen LogP contribution is -2.42. The summed E-state index contributed by atoms with van der Waals surface area (Å²) in [5.74, 6) is 0.713. The van der Waals surface area contributed by atoms with Gasteiger partial charge in [-0.2, -0.15) is 0 Å². The second-order valence-electron chi connectivity index (χ2n) is 7.91. The van der Waals surface area contributed by atoms with Gasteiger partial charge in [0.25, 0.3) is 0 Å². The summed E-state index contributed by atoms with van der Waals surface area (Å²) in [5, 5.41) is 0.907. The molecule has 0 spiro atoms. The Balaban J connectivity index is 1.18. The molecule has 2 aromatic carbocycles. The van der Waals surface area contributed by atoms with E-state index in [0.717, 1.165) is 64.8 Å². The molecule has 0 atom stereocenters. The van der Waals surface area contributed by atoms with Crippen molar-refractivity contribution in [3.63, 3.8) is 0 Å². The van der Waals surface area contributed by atoms with Gasteiger partial charge in [-0.3, -0.25) is 9.69 Å². The lowest BCUT2D eigenvalue weighted by Gasteiger charge is -2.32. The molecule has 30 heavy (non-hydrogen) atoms. The molecule has 8 heteroatoms. The van der Waals surface area contributed by atoms with Gasteiger partial charge in [0, 0.05) is 32.1 Å². The molecule has 2 aromatic heterocycles. The fourth-order valence-electron chi connectivity index (χ4n) is 4.56. The Morgan fingerprint density at radius 2 is 1.83 bits per heavy atom.